The highest BCUT2D eigenvalue weighted by Crippen LogP contribution is 2.29. The quantitative estimate of drug-likeness (QED) is 0.368. The van der Waals surface area contributed by atoms with Gasteiger partial charge in [0.15, 0.2) is 5.84 Å². The van der Waals surface area contributed by atoms with Crippen LogP contribution in [-0.2, 0) is 6.61 Å². The van der Waals surface area contributed by atoms with Gasteiger partial charge in [-0.05, 0) is 35.6 Å². The number of nitrogens with zero attached hydrogens (tertiary/aromatic N) is 1. The van der Waals surface area contributed by atoms with Gasteiger partial charge < -0.3 is 15.7 Å². The molecule has 0 fully saturated rings. The topological polar surface area (TPSA) is 67.8 Å². The molecule has 2 aromatic carbocycles. The fourth-order valence-corrected chi connectivity index (χ4v) is 2.28. The molecule has 0 heterocycles. The number of hydrogen-bond donors (Lipinski definition) is 2. The van der Waals surface area contributed by atoms with E-state index in [1.54, 1.807) is 6.07 Å². The largest absolute Gasteiger partial charge is 0.489 e. The Morgan fingerprint density at radius 3 is 2.73 bits per heavy atom. The van der Waals surface area contributed by atoms with E-state index in [9.17, 15) is 0 Å². The highest BCUT2D eigenvalue weighted by molar-refractivity contribution is 5.97. The van der Waals surface area contributed by atoms with Gasteiger partial charge in [0.1, 0.15) is 12.4 Å². The Labute approximate surface area is 131 Å². The molecule has 1 unspecified atom stereocenters. The number of para-hydroxylation sites is 1. The van der Waals surface area contributed by atoms with Crippen molar-refractivity contribution in [2.75, 3.05) is 0 Å². The van der Waals surface area contributed by atoms with Gasteiger partial charge in [0, 0.05) is 5.56 Å². The minimum atomic E-state index is 0.0989. The summed E-state index contributed by atoms with van der Waals surface area (Å²) in [4.78, 5) is 0. The van der Waals surface area contributed by atoms with Gasteiger partial charge in [-0.1, -0.05) is 55.4 Å². The third-order valence-electron chi connectivity index (χ3n) is 3.79. The number of oxime groups is 1. The highest BCUT2D eigenvalue weighted by atomic mass is 16.5. The van der Waals surface area contributed by atoms with Gasteiger partial charge in [0.25, 0.3) is 0 Å². The van der Waals surface area contributed by atoms with E-state index >= 15 is 0 Å². The molecule has 0 spiro atoms. The summed E-state index contributed by atoms with van der Waals surface area (Å²) in [6.07, 6.45) is 1.07. The van der Waals surface area contributed by atoms with Crippen LogP contribution in [0.2, 0.25) is 0 Å². The van der Waals surface area contributed by atoms with Gasteiger partial charge in [-0.2, -0.15) is 0 Å². The van der Waals surface area contributed by atoms with Crippen molar-refractivity contribution < 1.29 is 9.94 Å². The summed E-state index contributed by atoms with van der Waals surface area (Å²) in [5.41, 5.74) is 8.49. The van der Waals surface area contributed by atoms with E-state index < -0.39 is 0 Å². The van der Waals surface area contributed by atoms with Crippen LogP contribution < -0.4 is 10.5 Å². The SMILES string of the molecule is CCC(C)c1ccccc1OCc1cccc(/C(N)=N/O)c1. The number of hydrogen-bond acceptors (Lipinski definition) is 3. The second-order valence-electron chi connectivity index (χ2n) is 5.32. The van der Waals surface area contributed by atoms with Gasteiger partial charge in [-0.3, -0.25) is 0 Å². The molecule has 0 aliphatic heterocycles. The van der Waals surface area contributed by atoms with E-state index in [2.05, 4.69) is 25.1 Å². The Morgan fingerprint density at radius 2 is 2.00 bits per heavy atom. The first kappa shape index (κ1) is 15.9. The van der Waals surface area contributed by atoms with Gasteiger partial charge in [-0.15, -0.1) is 0 Å². The van der Waals surface area contributed by atoms with Gasteiger partial charge in [0.05, 0.1) is 0 Å². The lowest BCUT2D eigenvalue weighted by molar-refractivity contribution is 0.301. The summed E-state index contributed by atoms with van der Waals surface area (Å²) < 4.78 is 5.97. The van der Waals surface area contributed by atoms with Crippen LogP contribution in [0.15, 0.2) is 53.7 Å². The fourth-order valence-electron chi connectivity index (χ4n) is 2.28. The Kier molecular flexibility index (Phi) is 5.42. The molecule has 116 valence electrons. The molecule has 1 atom stereocenters. The Morgan fingerprint density at radius 1 is 1.23 bits per heavy atom. The average molecular weight is 298 g/mol. The van der Waals surface area contributed by atoms with Crippen molar-refractivity contribution in [3.05, 3.63) is 65.2 Å². The number of amidine groups is 1. The maximum absolute atomic E-state index is 8.74. The smallest absolute Gasteiger partial charge is 0.170 e. The van der Waals surface area contributed by atoms with Crippen molar-refractivity contribution in [2.24, 2.45) is 10.9 Å². The van der Waals surface area contributed by atoms with Crippen molar-refractivity contribution in [1.29, 1.82) is 0 Å². The van der Waals surface area contributed by atoms with Crippen LogP contribution in [0.3, 0.4) is 0 Å². The second-order valence-corrected chi connectivity index (χ2v) is 5.32. The van der Waals surface area contributed by atoms with Crippen molar-refractivity contribution in [3.63, 3.8) is 0 Å². The van der Waals surface area contributed by atoms with Crippen LogP contribution in [0.4, 0.5) is 0 Å². The first-order valence-electron chi connectivity index (χ1n) is 7.44. The van der Waals surface area contributed by atoms with Crippen molar-refractivity contribution >= 4 is 5.84 Å². The molecule has 22 heavy (non-hydrogen) atoms. The number of nitrogens with two attached hydrogens (primary N) is 1. The van der Waals surface area contributed by atoms with Crippen LogP contribution in [0.25, 0.3) is 0 Å². The predicted molar refractivity (Wildman–Crippen MR) is 88.4 cm³/mol. The normalized spacial score (nSPS) is 12.9. The molecule has 0 aromatic heterocycles. The number of rotatable bonds is 6. The molecule has 0 radical (unpaired) electrons. The van der Waals surface area contributed by atoms with Gasteiger partial charge >= 0.3 is 0 Å². The molecular formula is C18H22N2O2. The van der Waals surface area contributed by atoms with Crippen LogP contribution in [0, 0.1) is 0 Å². The van der Waals surface area contributed by atoms with Crippen molar-refractivity contribution in [1.82, 2.24) is 0 Å². The molecule has 0 aliphatic carbocycles. The summed E-state index contributed by atoms with van der Waals surface area (Å²) >= 11 is 0. The van der Waals surface area contributed by atoms with Gasteiger partial charge in [-0.25, -0.2) is 0 Å². The summed E-state index contributed by atoms with van der Waals surface area (Å²) in [6, 6.07) is 15.6. The lowest BCUT2D eigenvalue weighted by Gasteiger charge is -2.16. The zero-order chi connectivity index (χ0) is 15.9. The molecule has 0 saturated carbocycles. The molecule has 4 heteroatoms. The molecule has 0 bridgehead atoms. The van der Waals surface area contributed by atoms with E-state index in [1.807, 2.05) is 36.4 Å². The van der Waals surface area contributed by atoms with Gasteiger partial charge in [0.2, 0.25) is 0 Å². The predicted octanol–water partition coefficient (Wildman–Crippen LogP) is 3.87. The zero-order valence-corrected chi connectivity index (χ0v) is 13.0. The number of ether oxygens (including phenoxy) is 1. The van der Waals surface area contributed by atoms with E-state index in [1.165, 1.54) is 5.56 Å². The average Bonchev–Trinajstić information content (AvgIpc) is 2.59. The summed E-state index contributed by atoms with van der Waals surface area (Å²) in [7, 11) is 0. The summed E-state index contributed by atoms with van der Waals surface area (Å²) in [5.74, 6) is 1.47. The van der Waals surface area contributed by atoms with E-state index in [0.29, 0.717) is 18.1 Å². The molecular weight excluding hydrogens is 276 g/mol. The standard InChI is InChI=1S/C18H22N2O2/c1-3-13(2)16-9-4-5-10-17(16)22-12-14-7-6-8-15(11-14)18(19)20-21/h4-11,13,21H,3,12H2,1-2H3,(H2,19,20). The lowest BCUT2D eigenvalue weighted by Crippen LogP contribution is -2.13. The fraction of sp³-hybridized carbons (Fsp3) is 0.278. The summed E-state index contributed by atoms with van der Waals surface area (Å²) in [6.45, 7) is 4.81. The van der Waals surface area contributed by atoms with E-state index in [4.69, 9.17) is 15.7 Å². The molecule has 0 amide bonds. The Bertz CT molecular complexity index is 653. The van der Waals surface area contributed by atoms with Crippen molar-refractivity contribution in [3.8, 4) is 5.75 Å². The maximum atomic E-state index is 8.74. The minimum Gasteiger partial charge on any atom is -0.489 e. The molecule has 2 rings (SSSR count). The molecule has 4 nitrogen and oxygen atoms in total. The van der Waals surface area contributed by atoms with Crippen LogP contribution in [0.1, 0.15) is 42.9 Å². The number of benzene rings is 2. The molecule has 0 saturated heterocycles. The first-order valence-corrected chi connectivity index (χ1v) is 7.44. The highest BCUT2D eigenvalue weighted by Gasteiger charge is 2.09. The zero-order valence-electron chi connectivity index (χ0n) is 13.0. The van der Waals surface area contributed by atoms with E-state index in [0.717, 1.165) is 17.7 Å². The third kappa shape index (κ3) is 3.79. The van der Waals surface area contributed by atoms with Crippen LogP contribution in [-0.4, -0.2) is 11.0 Å². The Hall–Kier alpha value is -2.49. The maximum Gasteiger partial charge on any atom is 0.170 e. The molecule has 0 aliphatic rings. The Balaban J connectivity index is 2.14. The lowest BCUT2D eigenvalue weighted by atomic mass is 9.98. The third-order valence-corrected chi connectivity index (χ3v) is 3.79. The monoisotopic (exact) mass is 298 g/mol. The molecule has 2 aromatic rings. The molecule has 3 N–H and O–H groups in total. The summed E-state index contributed by atoms with van der Waals surface area (Å²) in [5, 5.41) is 11.8. The second kappa shape index (κ2) is 7.50. The van der Waals surface area contributed by atoms with Crippen LogP contribution >= 0.6 is 0 Å². The minimum absolute atomic E-state index is 0.0989. The van der Waals surface area contributed by atoms with Crippen LogP contribution in [0.5, 0.6) is 5.75 Å². The van der Waals surface area contributed by atoms with E-state index in [-0.39, 0.29) is 5.84 Å². The first-order chi connectivity index (χ1) is 10.7. The van der Waals surface area contributed by atoms with Crippen molar-refractivity contribution in [2.45, 2.75) is 32.8 Å².